The van der Waals surface area contributed by atoms with E-state index in [1.54, 1.807) is 18.2 Å². The molecule has 1 heterocycles. The maximum atomic E-state index is 11.2. The van der Waals surface area contributed by atoms with Gasteiger partial charge in [-0.1, -0.05) is 31.5 Å². The van der Waals surface area contributed by atoms with Gasteiger partial charge < -0.3 is 5.11 Å². The van der Waals surface area contributed by atoms with Crippen LogP contribution in [0.15, 0.2) is 29.4 Å². The van der Waals surface area contributed by atoms with E-state index in [9.17, 15) is 4.79 Å². The third-order valence-corrected chi connectivity index (χ3v) is 3.24. The number of carboxylic acid groups (broad SMARTS) is 1. The highest BCUT2D eigenvalue weighted by Gasteiger charge is 2.08. The highest BCUT2D eigenvalue weighted by molar-refractivity contribution is 7.71. The van der Waals surface area contributed by atoms with Crippen molar-refractivity contribution in [2.75, 3.05) is 0 Å². The summed E-state index contributed by atoms with van der Waals surface area (Å²) < 4.78 is 1.93. The average molecular weight is 304 g/mol. The Morgan fingerprint density at radius 3 is 3.00 bits per heavy atom. The molecule has 0 radical (unpaired) electrons. The standard InChI is InChI=1S/C14H16N4O2S/c1-2-3-8-12-16-17-14(21)18(12)15-9-10-6-4-5-7-11(10)13(19)20/h4-7,9H,2-3,8H2,1H3,(H,17,21)(H,19,20)/b15-9-. The summed E-state index contributed by atoms with van der Waals surface area (Å²) in [6.07, 6.45) is 4.29. The monoisotopic (exact) mass is 304 g/mol. The fraction of sp³-hybridized carbons (Fsp3) is 0.286. The Hall–Kier alpha value is -2.28. The number of hydrogen-bond acceptors (Lipinski definition) is 4. The van der Waals surface area contributed by atoms with Crippen LogP contribution in [0.2, 0.25) is 0 Å². The molecule has 0 amide bonds. The Morgan fingerprint density at radius 1 is 1.52 bits per heavy atom. The quantitative estimate of drug-likeness (QED) is 0.635. The summed E-state index contributed by atoms with van der Waals surface area (Å²) in [5, 5.41) is 20.2. The number of hydrogen-bond donors (Lipinski definition) is 2. The molecule has 1 aromatic carbocycles. The summed E-state index contributed by atoms with van der Waals surface area (Å²) in [5.41, 5.74) is 0.723. The number of nitrogens with one attached hydrogen (secondary N) is 1. The van der Waals surface area contributed by atoms with E-state index in [0.29, 0.717) is 10.3 Å². The van der Waals surface area contributed by atoms with E-state index >= 15 is 0 Å². The molecule has 0 saturated carbocycles. The van der Waals surface area contributed by atoms with Gasteiger partial charge in [0.15, 0.2) is 5.82 Å². The first-order valence-corrected chi connectivity index (χ1v) is 7.07. The lowest BCUT2D eigenvalue weighted by Gasteiger charge is -2.01. The lowest BCUT2D eigenvalue weighted by atomic mass is 10.1. The summed E-state index contributed by atoms with van der Waals surface area (Å²) in [5.74, 6) is -0.245. The second-order valence-electron chi connectivity index (χ2n) is 4.50. The highest BCUT2D eigenvalue weighted by Crippen LogP contribution is 2.08. The molecular formula is C14H16N4O2S. The molecule has 0 bridgehead atoms. The van der Waals surface area contributed by atoms with Gasteiger partial charge in [-0.3, -0.25) is 5.10 Å². The van der Waals surface area contributed by atoms with Crippen molar-refractivity contribution in [3.8, 4) is 0 Å². The van der Waals surface area contributed by atoms with Crippen LogP contribution in [-0.2, 0) is 6.42 Å². The SMILES string of the molecule is CCCCc1n[nH]c(=S)n1/N=C\c1ccccc1C(=O)O. The fourth-order valence-electron chi connectivity index (χ4n) is 1.86. The van der Waals surface area contributed by atoms with Gasteiger partial charge in [-0.15, -0.1) is 0 Å². The van der Waals surface area contributed by atoms with E-state index in [1.165, 1.54) is 17.0 Å². The van der Waals surface area contributed by atoms with Crippen LogP contribution in [0.4, 0.5) is 0 Å². The first-order chi connectivity index (χ1) is 10.1. The van der Waals surface area contributed by atoms with Gasteiger partial charge >= 0.3 is 5.97 Å². The van der Waals surface area contributed by atoms with E-state index in [2.05, 4.69) is 22.2 Å². The van der Waals surface area contributed by atoms with Gasteiger partial charge in [0.1, 0.15) is 0 Å². The highest BCUT2D eigenvalue weighted by atomic mass is 32.1. The summed E-state index contributed by atoms with van der Waals surface area (Å²) in [6, 6.07) is 6.68. The molecule has 0 spiro atoms. The van der Waals surface area contributed by atoms with E-state index in [0.717, 1.165) is 25.1 Å². The number of carboxylic acids is 1. The molecule has 2 aromatic rings. The Morgan fingerprint density at radius 2 is 2.29 bits per heavy atom. The number of unbranched alkanes of at least 4 members (excludes halogenated alkanes) is 1. The van der Waals surface area contributed by atoms with Crippen molar-refractivity contribution >= 4 is 24.4 Å². The molecule has 0 saturated heterocycles. The number of aromatic amines is 1. The van der Waals surface area contributed by atoms with Crippen molar-refractivity contribution in [1.29, 1.82) is 0 Å². The number of aromatic nitrogens is 3. The largest absolute Gasteiger partial charge is 0.478 e. The Labute approximate surface area is 127 Å². The zero-order chi connectivity index (χ0) is 15.2. The van der Waals surface area contributed by atoms with Gasteiger partial charge in [-0.05, 0) is 24.7 Å². The number of nitrogens with zero attached hydrogens (tertiary/aromatic N) is 3. The van der Waals surface area contributed by atoms with Crippen molar-refractivity contribution in [3.05, 3.63) is 46.0 Å². The molecule has 2 rings (SSSR count). The minimum atomic E-state index is -0.987. The lowest BCUT2D eigenvalue weighted by molar-refractivity contribution is 0.0697. The van der Waals surface area contributed by atoms with Crippen molar-refractivity contribution in [1.82, 2.24) is 14.9 Å². The maximum Gasteiger partial charge on any atom is 0.336 e. The molecule has 0 aliphatic carbocycles. The Balaban J connectivity index is 2.32. The third-order valence-electron chi connectivity index (χ3n) is 2.97. The van der Waals surface area contributed by atoms with Crippen molar-refractivity contribution in [2.24, 2.45) is 5.10 Å². The molecule has 7 heteroatoms. The molecule has 0 atom stereocenters. The van der Waals surface area contributed by atoms with Crippen LogP contribution in [0.1, 0.15) is 41.5 Å². The van der Waals surface area contributed by atoms with Gasteiger partial charge in [0.25, 0.3) is 0 Å². The van der Waals surface area contributed by atoms with Crippen molar-refractivity contribution in [3.63, 3.8) is 0 Å². The molecule has 0 unspecified atom stereocenters. The van der Waals surface area contributed by atoms with Gasteiger partial charge in [0.2, 0.25) is 4.77 Å². The molecule has 21 heavy (non-hydrogen) atoms. The summed E-state index contributed by atoms with van der Waals surface area (Å²) >= 11 is 5.14. The Kier molecular flexibility index (Phi) is 4.99. The Bertz CT molecular complexity index is 718. The van der Waals surface area contributed by atoms with Gasteiger partial charge in [-0.25, -0.2) is 4.79 Å². The first-order valence-electron chi connectivity index (χ1n) is 6.66. The molecule has 110 valence electrons. The number of benzene rings is 1. The zero-order valence-corrected chi connectivity index (χ0v) is 12.4. The predicted octanol–water partition coefficient (Wildman–Crippen LogP) is 2.86. The third kappa shape index (κ3) is 3.63. The number of aryl methyl sites for hydroxylation is 1. The minimum absolute atomic E-state index is 0.200. The second-order valence-corrected chi connectivity index (χ2v) is 4.88. The van der Waals surface area contributed by atoms with Gasteiger partial charge in [-0.2, -0.15) is 14.9 Å². The van der Waals surface area contributed by atoms with Crippen LogP contribution in [0.25, 0.3) is 0 Å². The molecule has 0 aliphatic heterocycles. The maximum absolute atomic E-state index is 11.2. The van der Waals surface area contributed by atoms with Gasteiger partial charge in [0.05, 0.1) is 11.8 Å². The fourth-order valence-corrected chi connectivity index (χ4v) is 2.06. The van der Waals surface area contributed by atoms with Crippen LogP contribution < -0.4 is 0 Å². The predicted molar refractivity (Wildman–Crippen MR) is 82.4 cm³/mol. The van der Waals surface area contributed by atoms with E-state index in [4.69, 9.17) is 17.3 Å². The average Bonchev–Trinajstić information content (AvgIpc) is 2.83. The molecule has 2 N–H and O–H groups in total. The van der Waals surface area contributed by atoms with E-state index in [1.807, 2.05) is 0 Å². The molecule has 0 fully saturated rings. The van der Waals surface area contributed by atoms with Crippen LogP contribution >= 0.6 is 12.2 Å². The lowest BCUT2D eigenvalue weighted by Crippen LogP contribution is -2.03. The number of aromatic carboxylic acids is 1. The van der Waals surface area contributed by atoms with Crippen LogP contribution in [0.5, 0.6) is 0 Å². The molecule has 0 aliphatic rings. The second kappa shape index (κ2) is 6.94. The molecule has 1 aromatic heterocycles. The summed E-state index contributed by atoms with van der Waals surface area (Å²) in [7, 11) is 0. The van der Waals surface area contributed by atoms with Crippen molar-refractivity contribution in [2.45, 2.75) is 26.2 Å². The smallest absolute Gasteiger partial charge is 0.336 e. The van der Waals surface area contributed by atoms with Crippen LogP contribution in [0.3, 0.4) is 0 Å². The van der Waals surface area contributed by atoms with E-state index in [-0.39, 0.29) is 5.56 Å². The van der Waals surface area contributed by atoms with Crippen LogP contribution in [0, 0.1) is 4.77 Å². The normalized spacial score (nSPS) is 11.1. The van der Waals surface area contributed by atoms with Crippen LogP contribution in [-0.4, -0.2) is 32.2 Å². The number of carbonyl (C=O) groups is 1. The topological polar surface area (TPSA) is 83.3 Å². The van der Waals surface area contributed by atoms with E-state index < -0.39 is 5.97 Å². The molecule has 6 nitrogen and oxygen atoms in total. The minimum Gasteiger partial charge on any atom is -0.478 e. The number of H-pyrrole nitrogens is 1. The van der Waals surface area contributed by atoms with Crippen molar-refractivity contribution < 1.29 is 9.90 Å². The number of rotatable bonds is 6. The molecular weight excluding hydrogens is 288 g/mol. The summed E-state index contributed by atoms with van der Waals surface area (Å²) in [4.78, 5) is 11.2. The first kappa shape index (κ1) is 15.1. The van der Waals surface area contributed by atoms with Gasteiger partial charge in [0, 0.05) is 12.0 Å². The summed E-state index contributed by atoms with van der Waals surface area (Å²) in [6.45, 7) is 2.10. The zero-order valence-electron chi connectivity index (χ0n) is 11.6.